The molecule has 1 atom stereocenters. The molecule has 2 aromatic rings. The van der Waals surface area contributed by atoms with Gasteiger partial charge in [-0.05, 0) is 50.2 Å². The van der Waals surface area contributed by atoms with Gasteiger partial charge in [-0.2, -0.15) is 11.8 Å². The zero-order valence-corrected chi connectivity index (χ0v) is 16.5. The highest BCUT2D eigenvalue weighted by molar-refractivity contribution is 8.02. The van der Waals surface area contributed by atoms with Gasteiger partial charge in [0.15, 0.2) is 0 Å². The van der Waals surface area contributed by atoms with Crippen LogP contribution in [0.4, 0.5) is 0 Å². The summed E-state index contributed by atoms with van der Waals surface area (Å²) in [6, 6.07) is 9.10. The summed E-state index contributed by atoms with van der Waals surface area (Å²) in [5.74, 6) is 0.233. The van der Waals surface area contributed by atoms with Crippen molar-refractivity contribution in [1.29, 1.82) is 0 Å². The average molecular weight is 409 g/mol. The van der Waals surface area contributed by atoms with Crippen LogP contribution in [-0.2, 0) is 14.6 Å². The first kappa shape index (κ1) is 19.7. The number of sulfone groups is 1. The van der Waals surface area contributed by atoms with Gasteiger partial charge in [-0.25, -0.2) is 13.2 Å². The van der Waals surface area contributed by atoms with Crippen LogP contribution in [0.1, 0.15) is 13.8 Å². The van der Waals surface area contributed by atoms with Crippen LogP contribution < -0.4 is 10.1 Å². The van der Waals surface area contributed by atoms with Crippen molar-refractivity contribution in [2.24, 2.45) is 0 Å². The third-order valence-electron chi connectivity index (χ3n) is 4.51. The van der Waals surface area contributed by atoms with Crippen molar-refractivity contribution in [3.8, 4) is 11.5 Å². The Hall–Kier alpha value is -2.10. The maximum atomic E-state index is 13.3. The van der Waals surface area contributed by atoms with Crippen molar-refractivity contribution in [3.05, 3.63) is 48.8 Å². The van der Waals surface area contributed by atoms with Gasteiger partial charge in [0.05, 0.1) is 9.64 Å². The van der Waals surface area contributed by atoms with E-state index in [4.69, 9.17) is 4.74 Å². The lowest BCUT2D eigenvalue weighted by Crippen LogP contribution is -2.70. The van der Waals surface area contributed by atoms with Crippen molar-refractivity contribution >= 4 is 27.6 Å². The number of aromatic nitrogens is 1. The van der Waals surface area contributed by atoms with E-state index in [-0.39, 0.29) is 4.90 Å². The number of carbonyl (C=O) groups is 1. The molecule has 0 saturated carbocycles. The van der Waals surface area contributed by atoms with Gasteiger partial charge >= 0.3 is 5.97 Å². The SMILES string of the molecule is CC1(C)SCCNC1(C(=O)O)S(=O)(=O)c1ccc(Oc2ccncc2)cc1. The van der Waals surface area contributed by atoms with E-state index < -0.39 is 25.4 Å². The topological polar surface area (TPSA) is 106 Å². The van der Waals surface area contributed by atoms with Crippen molar-refractivity contribution in [2.75, 3.05) is 12.3 Å². The van der Waals surface area contributed by atoms with Gasteiger partial charge in [-0.3, -0.25) is 10.3 Å². The van der Waals surface area contributed by atoms with Crippen molar-refractivity contribution < 1.29 is 23.1 Å². The summed E-state index contributed by atoms with van der Waals surface area (Å²) in [4.78, 5) is 13.8. The Morgan fingerprint density at radius 2 is 1.74 bits per heavy atom. The first-order chi connectivity index (χ1) is 12.7. The molecule has 27 heavy (non-hydrogen) atoms. The molecule has 0 amide bonds. The first-order valence-electron chi connectivity index (χ1n) is 8.26. The summed E-state index contributed by atoms with van der Waals surface area (Å²) >= 11 is 1.33. The highest BCUT2D eigenvalue weighted by atomic mass is 32.2. The van der Waals surface area contributed by atoms with Gasteiger partial charge in [0, 0.05) is 24.7 Å². The molecule has 1 aliphatic heterocycles. The number of benzene rings is 1. The number of carboxylic acids is 1. The number of nitrogens with one attached hydrogen (secondary N) is 1. The number of ether oxygens (including phenoxy) is 1. The zero-order chi connectivity index (χ0) is 19.7. The number of hydrogen-bond acceptors (Lipinski definition) is 7. The van der Waals surface area contributed by atoms with Crippen molar-refractivity contribution in [2.45, 2.75) is 28.4 Å². The summed E-state index contributed by atoms with van der Waals surface area (Å²) in [6.07, 6.45) is 3.17. The van der Waals surface area contributed by atoms with Gasteiger partial charge in [0.25, 0.3) is 0 Å². The summed E-state index contributed by atoms with van der Waals surface area (Å²) in [5, 5.41) is 12.7. The minimum Gasteiger partial charge on any atom is -0.479 e. The Morgan fingerprint density at radius 1 is 1.15 bits per heavy atom. The molecule has 9 heteroatoms. The molecular weight excluding hydrogens is 388 g/mol. The van der Waals surface area contributed by atoms with E-state index in [9.17, 15) is 18.3 Å². The Balaban J connectivity index is 1.97. The van der Waals surface area contributed by atoms with E-state index >= 15 is 0 Å². The average Bonchev–Trinajstić information content (AvgIpc) is 2.62. The summed E-state index contributed by atoms with van der Waals surface area (Å²) < 4.78 is 31.2. The fourth-order valence-electron chi connectivity index (χ4n) is 3.12. The fourth-order valence-corrected chi connectivity index (χ4v) is 6.72. The fraction of sp³-hybridized carbons (Fsp3) is 0.333. The molecule has 2 N–H and O–H groups in total. The Labute approximate surface area is 162 Å². The molecule has 1 aromatic heterocycles. The highest BCUT2D eigenvalue weighted by Gasteiger charge is 2.63. The maximum absolute atomic E-state index is 13.3. The Bertz CT molecular complexity index is 930. The molecule has 2 heterocycles. The maximum Gasteiger partial charge on any atom is 0.341 e. The monoisotopic (exact) mass is 408 g/mol. The molecule has 7 nitrogen and oxygen atoms in total. The van der Waals surface area contributed by atoms with Crippen LogP contribution in [0, 0.1) is 0 Å². The van der Waals surface area contributed by atoms with Crippen LogP contribution in [0.2, 0.25) is 0 Å². The third kappa shape index (κ3) is 3.30. The lowest BCUT2D eigenvalue weighted by Gasteiger charge is -2.45. The predicted molar refractivity (Wildman–Crippen MR) is 103 cm³/mol. The highest BCUT2D eigenvalue weighted by Crippen LogP contribution is 2.44. The molecule has 144 valence electrons. The van der Waals surface area contributed by atoms with E-state index in [0.29, 0.717) is 23.8 Å². The predicted octanol–water partition coefficient (Wildman–Crippen LogP) is 2.54. The van der Waals surface area contributed by atoms with E-state index in [2.05, 4.69) is 10.3 Å². The largest absolute Gasteiger partial charge is 0.479 e. The number of rotatable bonds is 5. The molecule has 1 fully saturated rings. The van der Waals surface area contributed by atoms with Gasteiger partial charge in [-0.15, -0.1) is 0 Å². The minimum atomic E-state index is -4.22. The summed E-state index contributed by atoms with van der Waals surface area (Å²) in [6.45, 7) is 3.57. The van der Waals surface area contributed by atoms with Crippen LogP contribution in [0.5, 0.6) is 11.5 Å². The molecule has 0 aliphatic carbocycles. The first-order valence-corrected chi connectivity index (χ1v) is 10.7. The normalized spacial score (nSPS) is 22.1. The zero-order valence-electron chi connectivity index (χ0n) is 14.9. The third-order valence-corrected chi connectivity index (χ3v) is 8.60. The molecular formula is C18H20N2O5S2. The molecule has 3 rings (SSSR count). The van der Waals surface area contributed by atoms with Crippen LogP contribution in [-0.4, -0.2) is 46.4 Å². The van der Waals surface area contributed by atoms with E-state index in [1.807, 2.05) is 0 Å². The van der Waals surface area contributed by atoms with Crippen LogP contribution in [0.3, 0.4) is 0 Å². The Kier molecular flexibility index (Phi) is 5.20. The standard InChI is InChI=1S/C18H20N2O5S2/c1-17(2)18(16(21)22,20-11-12-26-17)27(23,24)15-5-3-13(4-6-15)25-14-7-9-19-10-8-14/h3-10,20H,11-12H2,1-2H3,(H,21,22). The number of carboxylic acid groups (broad SMARTS) is 1. The van der Waals surface area contributed by atoms with E-state index in [1.165, 1.54) is 36.0 Å². The number of nitrogens with zero attached hydrogens (tertiary/aromatic N) is 1. The summed E-state index contributed by atoms with van der Waals surface area (Å²) in [7, 11) is -4.22. The Morgan fingerprint density at radius 3 is 2.30 bits per heavy atom. The van der Waals surface area contributed by atoms with E-state index in [1.54, 1.807) is 38.4 Å². The minimum absolute atomic E-state index is 0.0740. The second-order valence-electron chi connectivity index (χ2n) is 6.53. The number of aliphatic carboxylic acids is 1. The van der Waals surface area contributed by atoms with Crippen LogP contribution in [0.25, 0.3) is 0 Å². The molecule has 0 radical (unpaired) electrons. The van der Waals surface area contributed by atoms with Crippen LogP contribution in [0.15, 0.2) is 53.7 Å². The van der Waals surface area contributed by atoms with Crippen LogP contribution >= 0.6 is 11.8 Å². The quantitative estimate of drug-likeness (QED) is 0.778. The van der Waals surface area contributed by atoms with Gasteiger partial charge in [-0.1, -0.05) is 0 Å². The van der Waals surface area contributed by atoms with Crippen molar-refractivity contribution in [3.63, 3.8) is 0 Å². The number of pyridine rings is 1. The van der Waals surface area contributed by atoms with Crippen molar-refractivity contribution in [1.82, 2.24) is 10.3 Å². The summed E-state index contributed by atoms with van der Waals surface area (Å²) in [5.41, 5.74) is 0. The smallest absolute Gasteiger partial charge is 0.341 e. The van der Waals surface area contributed by atoms with Gasteiger partial charge in [0.2, 0.25) is 14.7 Å². The number of hydrogen-bond donors (Lipinski definition) is 2. The molecule has 1 unspecified atom stereocenters. The molecule has 0 bridgehead atoms. The molecule has 1 aromatic carbocycles. The van der Waals surface area contributed by atoms with Gasteiger partial charge in [0.1, 0.15) is 11.5 Å². The second-order valence-corrected chi connectivity index (χ2v) is 10.3. The number of thioether (sulfide) groups is 1. The molecule has 0 spiro atoms. The lowest BCUT2D eigenvalue weighted by atomic mass is 10.0. The molecule has 1 saturated heterocycles. The second kappa shape index (κ2) is 7.14. The van der Waals surface area contributed by atoms with Gasteiger partial charge < -0.3 is 9.84 Å². The molecule has 1 aliphatic rings. The lowest BCUT2D eigenvalue weighted by molar-refractivity contribution is -0.142. The van der Waals surface area contributed by atoms with E-state index in [0.717, 1.165) is 0 Å².